The zero-order valence-corrected chi connectivity index (χ0v) is 9.80. The van der Waals surface area contributed by atoms with E-state index in [9.17, 15) is 9.18 Å². The first-order valence-corrected chi connectivity index (χ1v) is 5.44. The molecule has 1 aromatic heterocycles. The summed E-state index contributed by atoms with van der Waals surface area (Å²) in [5.41, 5.74) is 0.743. The Morgan fingerprint density at radius 2 is 2.00 bits per heavy atom. The highest BCUT2D eigenvalue weighted by molar-refractivity contribution is 5.67. The number of halogens is 1. The van der Waals surface area contributed by atoms with E-state index in [1.807, 2.05) is 0 Å². The minimum absolute atomic E-state index is 0.00932. The number of rotatable bonds is 4. The van der Waals surface area contributed by atoms with Crippen molar-refractivity contribution in [3.63, 3.8) is 0 Å². The molecule has 18 heavy (non-hydrogen) atoms. The summed E-state index contributed by atoms with van der Waals surface area (Å²) in [6, 6.07) is 5.92. The largest absolute Gasteiger partial charge is 0.481 e. The summed E-state index contributed by atoms with van der Waals surface area (Å²) in [5, 5.41) is 16.6. The molecule has 0 saturated carbocycles. The van der Waals surface area contributed by atoms with Gasteiger partial charge in [0.1, 0.15) is 11.6 Å². The first kappa shape index (κ1) is 12.2. The third-order valence-corrected chi connectivity index (χ3v) is 2.63. The van der Waals surface area contributed by atoms with Gasteiger partial charge in [0.15, 0.2) is 5.82 Å². The lowest BCUT2D eigenvalue weighted by atomic mass is 10.2. The number of benzene rings is 1. The third-order valence-electron chi connectivity index (χ3n) is 2.63. The van der Waals surface area contributed by atoms with E-state index < -0.39 is 5.97 Å². The fourth-order valence-electron chi connectivity index (χ4n) is 1.65. The Kier molecular flexibility index (Phi) is 3.36. The molecule has 0 spiro atoms. The van der Waals surface area contributed by atoms with E-state index in [4.69, 9.17) is 5.11 Å². The molecule has 94 valence electrons. The van der Waals surface area contributed by atoms with E-state index in [-0.39, 0.29) is 12.2 Å². The molecule has 2 rings (SSSR count). The van der Waals surface area contributed by atoms with Crippen molar-refractivity contribution in [1.29, 1.82) is 0 Å². The Hall–Kier alpha value is -2.24. The normalized spacial score (nSPS) is 10.6. The molecule has 5 nitrogen and oxygen atoms in total. The fraction of sp³-hybridized carbons (Fsp3) is 0.250. The summed E-state index contributed by atoms with van der Waals surface area (Å²) >= 11 is 0. The summed E-state index contributed by atoms with van der Waals surface area (Å²) in [7, 11) is 1.76. The van der Waals surface area contributed by atoms with Crippen LogP contribution in [0.2, 0.25) is 0 Å². The number of aliphatic carboxylic acids is 1. The van der Waals surface area contributed by atoms with E-state index in [1.54, 1.807) is 23.7 Å². The number of carboxylic acids is 1. The third kappa shape index (κ3) is 2.53. The quantitative estimate of drug-likeness (QED) is 0.894. The summed E-state index contributed by atoms with van der Waals surface area (Å²) < 4.78 is 14.5. The second-order valence-electron chi connectivity index (χ2n) is 3.90. The van der Waals surface area contributed by atoms with Crippen molar-refractivity contribution in [2.45, 2.75) is 12.8 Å². The van der Waals surface area contributed by atoms with Gasteiger partial charge in [-0.25, -0.2) is 4.39 Å². The predicted octanol–water partition coefficient (Wildman–Crippen LogP) is 1.64. The second-order valence-corrected chi connectivity index (χ2v) is 3.90. The predicted molar refractivity (Wildman–Crippen MR) is 62.4 cm³/mol. The molecule has 1 heterocycles. The lowest BCUT2D eigenvalue weighted by molar-refractivity contribution is -0.137. The molecule has 2 aromatic rings. The lowest BCUT2D eigenvalue weighted by Gasteiger charge is -2.03. The Labute approximate surface area is 103 Å². The van der Waals surface area contributed by atoms with E-state index in [1.165, 1.54) is 12.1 Å². The van der Waals surface area contributed by atoms with Crippen molar-refractivity contribution in [2.75, 3.05) is 0 Å². The highest BCUT2D eigenvalue weighted by atomic mass is 19.1. The molecule has 0 aliphatic carbocycles. The molecule has 0 aliphatic rings. The number of carboxylic acid groups (broad SMARTS) is 1. The minimum atomic E-state index is -0.874. The zero-order valence-electron chi connectivity index (χ0n) is 9.80. The molecule has 6 heteroatoms. The van der Waals surface area contributed by atoms with Crippen LogP contribution in [0.3, 0.4) is 0 Å². The van der Waals surface area contributed by atoms with Gasteiger partial charge < -0.3 is 9.67 Å². The molecule has 1 N–H and O–H groups in total. The first-order chi connectivity index (χ1) is 8.58. The SMILES string of the molecule is Cn1c(CCC(=O)O)nnc1-c1ccc(F)cc1. The zero-order chi connectivity index (χ0) is 13.1. The molecular formula is C12H12FN3O2. The molecule has 0 amide bonds. The van der Waals surface area contributed by atoms with Crippen molar-refractivity contribution in [3.05, 3.63) is 35.9 Å². The highest BCUT2D eigenvalue weighted by Gasteiger charge is 2.11. The van der Waals surface area contributed by atoms with Gasteiger partial charge in [-0.1, -0.05) is 0 Å². The standard InChI is InChI=1S/C12H12FN3O2/c1-16-10(6-7-11(17)18)14-15-12(16)8-2-4-9(13)5-3-8/h2-5H,6-7H2,1H3,(H,17,18). The van der Waals surface area contributed by atoms with Gasteiger partial charge in [0.2, 0.25) is 0 Å². The van der Waals surface area contributed by atoms with Crippen molar-refractivity contribution in [1.82, 2.24) is 14.8 Å². The molecule has 0 fully saturated rings. The van der Waals surface area contributed by atoms with Gasteiger partial charge in [-0.15, -0.1) is 10.2 Å². The van der Waals surface area contributed by atoms with Crippen molar-refractivity contribution in [2.24, 2.45) is 7.05 Å². The number of carbonyl (C=O) groups is 1. The number of aryl methyl sites for hydroxylation is 1. The van der Waals surface area contributed by atoms with Gasteiger partial charge in [0.05, 0.1) is 6.42 Å². The smallest absolute Gasteiger partial charge is 0.303 e. The second kappa shape index (κ2) is 4.95. The first-order valence-electron chi connectivity index (χ1n) is 5.44. The van der Waals surface area contributed by atoms with Gasteiger partial charge in [0, 0.05) is 19.0 Å². The molecular weight excluding hydrogens is 237 g/mol. The molecule has 0 aliphatic heterocycles. The molecule has 0 bridgehead atoms. The van der Waals surface area contributed by atoms with Crippen LogP contribution in [0.15, 0.2) is 24.3 Å². The summed E-state index contributed by atoms with van der Waals surface area (Å²) in [4.78, 5) is 10.5. The maximum absolute atomic E-state index is 12.8. The van der Waals surface area contributed by atoms with E-state index in [0.29, 0.717) is 18.1 Å². The van der Waals surface area contributed by atoms with Crippen LogP contribution >= 0.6 is 0 Å². The number of aromatic nitrogens is 3. The molecule has 0 atom stereocenters. The van der Waals surface area contributed by atoms with Crippen LogP contribution in [-0.4, -0.2) is 25.8 Å². The average Bonchev–Trinajstić information content (AvgIpc) is 2.69. The van der Waals surface area contributed by atoms with Gasteiger partial charge in [-0.2, -0.15) is 0 Å². The monoisotopic (exact) mass is 249 g/mol. The Bertz CT molecular complexity index is 563. The van der Waals surface area contributed by atoms with Crippen LogP contribution in [0.25, 0.3) is 11.4 Å². The summed E-state index contributed by atoms with van der Waals surface area (Å²) in [5.74, 6) is 0.000431. The number of hydrogen-bond acceptors (Lipinski definition) is 3. The summed E-state index contributed by atoms with van der Waals surface area (Å²) in [6.07, 6.45) is 0.329. The fourth-order valence-corrected chi connectivity index (χ4v) is 1.65. The summed E-state index contributed by atoms with van der Waals surface area (Å²) in [6.45, 7) is 0. The van der Waals surface area contributed by atoms with E-state index in [2.05, 4.69) is 10.2 Å². The van der Waals surface area contributed by atoms with Crippen LogP contribution in [0.1, 0.15) is 12.2 Å². The molecule has 1 aromatic carbocycles. The van der Waals surface area contributed by atoms with Gasteiger partial charge >= 0.3 is 5.97 Å². The molecule has 0 radical (unpaired) electrons. The van der Waals surface area contributed by atoms with Gasteiger partial charge in [-0.05, 0) is 24.3 Å². The highest BCUT2D eigenvalue weighted by Crippen LogP contribution is 2.18. The Morgan fingerprint density at radius 1 is 1.33 bits per heavy atom. The van der Waals surface area contributed by atoms with Gasteiger partial charge in [0.25, 0.3) is 0 Å². The van der Waals surface area contributed by atoms with E-state index in [0.717, 1.165) is 5.56 Å². The van der Waals surface area contributed by atoms with Crippen LogP contribution in [0.5, 0.6) is 0 Å². The van der Waals surface area contributed by atoms with Crippen LogP contribution in [0.4, 0.5) is 4.39 Å². The number of hydrogen-bond donors (Lipinski definition) is 1. The molecule has 0 saturated heterocycles. The maximum Gasteiger partial charge on any atom is 0.303 e. The average molecular weight is 249 g/mol. The topological polar surface area (TPSA) is 68.0 Å². The van der Waals surface area contributed by atoms with Crippen molar-refractivity contribution in [3.8, 4) is 11.4 Å². The van der Waals surface area contributed by atoms with Crippen LogP contribution in [-0.2, 0) is 18.3 Å². The van der Waals surface area contributed by atoms with Crippen molar-refractivity contribution >= 4 is 5.97 Å². The lowest BCUT2D eigenvalue weighted by Crippen LogP contribution is -2.04. The minimum Gasteiger partial charge on any atom is -0.481 e. The Balaban J connectivity index is 2.25. The van der Waals surface area contributed by atoms with Crippen molar-refractivity contribution < 1.29 is 14.3 Å². The number of nitrogens with zero attached hydrogens (tertiary/aromatic N) is 3. The maximum atomic E-state index is 12.8. The van der Waals surface area contributed by atoms with Crippen LogP contribution < -0.4 is 0 Å². The van der Waals surface area contributed by atoms with E-state index >= 15 is 0 Å². The Morgan fingerprint density at radius 3 is 2.61 bits per heavy atom. The van der Waals surface area contributed by atoms with Crippen LogP contribution in [0, 0.1) is 5.82 Å². The molecule has 0 unspecified atom stereocenters. The van der Waals surface area contributed by atoms with Gasteiger partial charge in [-0.3, -0.25) is 4.79 Å².